The van der Waals surface area contributed by atoms with Gasteiger partial charge in [-0.15, -0.1) is 11.8 Å². The molecule has 0 amide bonds. The highest BCUT2D eigenvalue weighted by Crippen LogP contribution is 2.38. The number of rotatable bonds is 3. The van der Waals surface area contributed by atoms with Crippen LogP contribution in [-0.4, -0.2) is 31.8 Å². The predicted octanol–water partition coefficient (Wildman–Crippen LogP) is 2.45. The lowest BCUT2D eigenvalue weighted by atomic mass is 9.82. The Kier molecular flexibility index (Phi) is 3.82. The van der Waals surface area contributed by atoms with Gasteiger partial charge >= 0.3 is 5.97 Å². The molecule has 0 bridgehead atoms. The van der Waals surface area contributed by atoms with Crippen molar-refractivity contribution in [1.29, 1.82) is 0 Å². The van der Waals surface area contributed by atoms with Gasteiger partial charge in [0.25, 0.3) is 0 Å². The highest BCUT2D eigenvalue weighted by molar-refractivity contribution is 8.00. The number of carboxylic acid groups (broad SMARTS) is 1. The average molecular weight is 303 g/mol. The van der Waals surface area contributed by atoms with Gasteiger partial charge in [0.1, 0.15) is 16.9 Å². The molecule has 0 saturated heterocycles. The summed E-state index contributed by atoms with van der Waals surface area (Å²) in [7, 11) is 0. The fourth-order valence-corrected chi connectivity index (χ4v) is 4.17. The number of thioether (sulfide) groups is 1. The third-order valence-corrected chi connectivity index (χ3v) is 5.24. The zero-order valence-corrected chi connectivity index (χ0v) is 12.3. The number of carbonyl (C=O) groups is 1. The maximum absolute atomic E-state index is 11.3. The quantitative estimate of drug-likeness (QED) is 0.847. The predicted molar refractivity (Wildman–Crippen MR) is 82.2 cm³/mol. The van der Waals surface area contributed by atoms with Gasteiger partial charge in [0.2, 0.25) is 0 Å². The Bertz CT molecular complexity index is 674. The van der Waals surface area contributed by atoms with Gasteiger partial charge in [0.15, 0.2) is 0 Å². The van der Waals surface area contributed by atoms with Crippen molar-refractivity contribution in [3.05, 3.63) is 30.6 Å². The number of carboxylic acids is 1. The number of aromatic nitrogens is 2. The van der Waals surface area contributed by atoms with Crippen LogP contribution in [0.3, 0.4) is 0 Å². The molecule has 110 valence electrons. The summed E-state index contributed by atoms with van der Waals surface area (Å²) in [5.41, 5.74) is 5.82. The Morgan fingerprint density at radius 2 is 2.19 bits per heavy atom. The molecule has 1 heterocycles. The molecule has 2 unspecified atom stereocenters. The molecule has 0 spiro atoms. The van der Waals surface area contributed by atoms with Gasteiger partial charge in [-0.05, 0) is 31.7 Å². The van der Waals surface area contributed by atoms with E-state index in [9.17, 15) is 9.90 Å². The molecule has 1 aromatic carbocycles. The van der Waals surface area contributed by atoms with E-state index in [1.54, 1.807) is 18.1 Å². The second kappa shape index (κ2) is 5.61. The fourth-order valence-electron chi connectivity index (χ4n) is 2.78. The van der Waals surface area contributed by atoms with Crippen LogP contribution in [0.5, 0.6) is 0 Å². The average Bonchev–Trinajstić information content (AvgIpc) is 2.48. The van der Waals surface area contributed by atoms with E-state index in [-0.39, 0.29) is 5.25 Å². The van der Waals surface area contributed by atoms with E-state index in [4.69, 9.17) is 5.73 Å². The number of fused-ring (bicyclic) bond motifs is 1. The summed E-state index contributed by atoms with van der Waals surface area (Å²) >= 11 is 1.62. The van der Waals surface area contributed by atoms with Gasteiger partial charge in [0, 0.05) is 10.6 Å². The Balaban J connectivity index is 1.84. The van der Waals surface area contributed by atoms with E-state index >= 15 is 0 Å². The highest BCUT2D eigenvalue weighted by atomic mass is 32.2. The first kappa shape index (κ1) is 14.3. The van der Waals surface area contributed by atoms with Crippen molar-refractivity contribution in [3.63, 3.8) is 0 Å². The van der Waals surface area contributed by atoms with E-state index in [1.165, 1.54) is 0 Å². The molecule has 1 aliphatic rings. The van der Waals surface area contributed by atoms with E-state index < -0.39 is 11.5 Å². The van der Waals surface area contributed by atoms with Crippen LogP contribution in [0.2, 0.25) is 0 Å². The lowest BCUT2D eigenvalue weighted by Crippen LogP contribution is -2.51. The Hall–Kier alpha value is -1.66. The summed E-state index contributed by atoms with van der Waals surface area (Å²) < 4.78 is 0. The number of hydrogen-bond donors (Lipinski definition) is 2. The van der Waals surface area contributed by atoms with Crippen molar-refractivity contribution in [3.8, 4) is 0 Å². The normalized spacial score (nSPS) is 25.9. The largest absolute Gasteiger partial charge is 0.480 e. The minimum Gasteiger partial charge on any atom is -0.480 e. The first-order valence-electron chi connectivity index (χ1n) is 6.97. The summed E-state index contributed by atoms with van der Waals surface area (Å²) in [4.78, 5) is 19.9. The summed E-state index contributed by atoms with van der Waals surface area (Å²) in [5, 5.41) is 11.4. The first-order chi connectivity index (χ1) is 10.1. The maximum atomic E-state index is 11.3. The van der Waals surface area contributed by atoms with Gasteiger partial charge in [-0.2, -0.15) is 0 Å². The number of para-hydroxylation sites is 1. The third-order valence-electron chi connectivity index (χ3n) is 3.95. The molecule has 1 aromatic heterocycles. The molecule has 3 N–H and O–H groups in total. The van der Waals surface area contributed by atoms with Crippen LogP contribution in [-0.2, 0) is 4.79 Å². The van der Waals surface area contributed by atoms with Crippen LogP contribution in [0, 0.1) is 0 Å². The number of benzene rings is 1. The fraction of sp³-hybridized carbons (Fsp3) is 0.400. The SMILES string of the molecule is NC1(C(=O)O)CCCC(Sc2ncnc3ccccc23)C1. The first-order valence-corrected chi connectivity index (χ1v) is 7.85. The van der Waals surface area contributed by atoms with E-state index in [0.29, 0.717) is 12.8 Å². The van der Waals surface area contributed by atoms with E-state index in [2.05, 4.69) is 9.97 Å². The number of nitrogens with two attached hydrogens (primary N) is 1. The van der Waals surface area contributed by atoms with Crippen molar-refractivity contribution in [2.75, 3.05) is 0 Å². The Labute approximate surface area is 127 Å². The van der Waals surface area contributed by atoms with Crippen LogP contribution in [0.15, 0.2) is 35.6 Å². The molecule has 2 aromatic rings. The highest BCUT2D eigenvalue weighted by Gasteiger charge is 2.39. The molecule has 0 radical (unpaired) electrons. The molecule has 2 atom stereocenters. The molecule has 21 heavy (non-hydrogen) atoms. The molecule has 1 saturated carbocycles. The lowest BCUT2D eigenvalue weighted by Gasteiger charge is -2.34. The summed E-state index contributed by atoms with van der Waals surface area (Å²) in [6.45, 7) is 0. The molecule has 1 aliphatic carbocycles. The molecule has 0 aliphatic heterocycles. The van der Waals surface area contributed by atoms with Crippen LogP contribution in [0.4, 0.5) is 0 Å². The van der Waals surface area contributed by atoms with Gasteiger partial charge < -0.3 is 10.8 Å². The van der Waals surface area contributed by atoms with Crippen LogP contribution < -0.4 is 5.73 Å². The smallest absolute Gasteiger partial charge is 0.323 e. The lowest BCUT2D eigenvalue weighted by molar-refractivity contribution is -0.144. The number of hydrogen-bond acceptors (Lipinski definition) is 5. The zero-order valence-electron chi connectivity index (χ0n) is 11.5. The number of aliphatic carboxylic acids is 1. The third kappa shape index (κ3) is 2.87. The molecular weight excluding hydrogens is 286 g/mol. The molecular formula is C15H17N3O2S. The Morgan fingerprint density at radius 1 is 1.38 bits per heavy atom. The molecule has 6 heteroatoms. The maximum Gasteiger partial charge on any atom is 0.323 e. The van der Waals surface area contributed by atoms with Crippen molar-refractivity contribution >= 4 is 28.6 Å². The number of nitrogens with zero attached hydrogens (tertiary/aromatic N) is 2. The second-order valence-corrected chi connectivity index (χ2v) is 6.78. The topological polar surface area (TPSA) is 89.1 Å². The molecule has 3 rings (SSSR count). The van der Waals surface area contributed by atoms with Gasteiger partial charge in [-0.25, -0.2) is 9.97 Å². The minimum absolute atomic E-state index is 0.179. The second-order valence-electron chi connectivity index (χ2n) is 5.49. The van der Waals surface area contributed by atoms with Crippen molar-refractivity contribution in [2.45, 2.75) is 41.5 Å². The van der Waals surface area contributed by atoms with Crippen LogP contribution in [0.1, 0.15) is 25.7 Å². The monoisotopic (exact) mass is 303 g/mol. The summed E-state index contributed by atoms with van der Waals surface area (Å²) in [6.07, 6.45) is 4.38. The van der Waals surface area contributed by atoms with E-state index in [0.717, 1.165) is 28.8 Å². The van der Waals surface area contributed by atoms with Gasteiger partial charge in [-0.3, -0.25) is 4.79 Å². The van der Waals surface area contributed by atoms with Crippen molar-refractivity contribution in [2.24, 2.45) is 5.73 Å². The molecule has 5 nitrogen and oxygen atoms in total. The van der Waals surface area contributed by atoms with Crippen LogP contribution in [0.25, 0.3) is 10.9 Å². The minimum atomic E-state index is -1.10. The van der Waals surface area contributed by atoms with E-state index in [1.807, 2.05) is 24.3 Å². The summed E-state index contributed by atoms with van der Waals surface area (Å²) in [5.74, 6) is -0.902. The standard InChI is InChI=1S/C15H17N3O2S/c16-15(14(19)20)7-3-4-10(8-15)21-13-11-5-1-2-6-12(11)17-9-18-13/h1-2,5-6,9-10H,3-4,7-8,16H2,(H,19,20). The summed E-state index contributed by atoms with van der Waals surface area (Å²) in [6, 6.07) is 7.85. The van der Waals surface area contributed by atoms with Crippen LogP contribution >= 0.6 is 11.8 Å². The Morgan fingerprint density at radius 3 is 3.00 bits per heavy atom. The van der Waals surface area contributed by atoms with Gasteiger partial charge in [-0.1, -0.05) is 18.2 Å². The van der Waals surface area contributed by atoms with Crippen molar-refractivity contribution < 1.29 is 9.90 Å². The molecule has 1 fully saturated rings. The zero-order chi connectivity index (χ0) is 14.9. The van der Waals surface area contributed by atoms with Crippen molar-refractivity contribution in [1.82, 2.24) is 9.97 Å². The van der Waals surface area contributed by atoms with Gasteiger partial charge in [0.05, 0.1) is 5.52 Å².